The van der Waals surface area contributed by atoms with Gasteiger partial charge in [-0.05, 0) is 12.5 Å². The average molecular weight is 221 g/mol. The maximum Gasteiger partial charge on any atom is 0.227 e. The van der Waals surface area contributed by atoms with Crippen molar-refractivity contribution in [3.05, 3.63) is 28.5 Å². The fraction of sp³-hybridized carbons (Fsp3) is 0.500. The summed E-state index contributed by atoms with van der Waals surface area (Å²) in [4.78, 5) is 15.0. The van der Waals surface area contributed by atoms with Crippen molar-refractivity contribution < 1.29 is 4.79 Å². The summed E-state index contributed by atoms with van der Waals surface area (Å²) in [6.45, 7) is 2.85. The van der Waals surface area contributed by atoms with Crippen LogP contribution in [0.1, 0.15) is 32.6 Å². The summed E-state index contributed by atoms with van der Waals surface area (Å²) in [7, 11) is 0. The lowest BCUT2D eigenvalue weighted by molar-refractivity contribution is -0.129. The molecule has 80 valence electrons. The lowest BCUT2D eigenvalue weighted by atomic mass is 10.1. The van der Waals surface area contributed by atoms with Gasteiger partial charge in [0.15, 0.2) is 0 Å². The van der Waals surface area contributed by atoms with E-state index in [4.69, 9.17) is 0 Å². The lowest BCUT2D eigenvalue weighted by Gasteiger charge is -2.25. The third kappa shape index (κ3) is 2.28. The Balaban J connectivity index is 2.04. The van der Waals surface area contributed by atoms with Crippen molar-refractivity contribution in [1.82, 2.24) is 4.90 Å². The fourth-order valence-corrected chi connectivity index (χ4v) is 2.61. The Morgan fingerprint density at radius 2 is 2.53 bits per heavy atom. The number of unbranched alkanes of at least 4 members (excludes halogenated alkanes) is 1. The second-order valence-electron chi connectivity index (χ2n) is 3.74. The van der Waals surface area contributed by atoms with Gasteiger partial charge in [0, 0.05) is 30.0 Å². The standard InChI is InChI=1S/C12H15NOS/c1-2-3-6-12(14)13-8-4-5-11-10(13)7-9-15-11/h4-5H,2-3,6-8H2,1H3. The van der Waals surface area contributed by atoms with E-state index in [-0.39, 0.29) is 5.91 Å². The molecular formula is C12H15NOS. The third-order valence-corrected chi connectivity index (χ3v) is 3.51. The molecule has 2 nitrogen and oxygen atoms in total. The Hall–Kier alpha value is -0.700. The number of rotatable bonds is 3. The van der Waals surface area contributed by atoms with Gasteiger partial charge in [0.1, 0.15) is 0 Å². The number of hydrogen-bond donors (Lipinski definition) is 0. The van der Waals surface area contributed by atoms with Crippen LogP contribution in [0, 0.1) is 5.75 Å². The first-order valence-electron chi connectivity index (χ1n) is 5.42. The van der Waals surface area contributed by atoms with Gasteiger partial charge in [0.25, 0.3) is 0 Å². The number of nitrogens with zero attached hydrogens (tertiary/aromatic N) is 1. The van der Waals surface area contributed by atoms with Gasteiger partial charge in [-0.15, -0.1) is 11.8 Å². The van der Waals surface area contributed by atoms with Gasteiger partial charge in [-0.2, -0.15) is 0 Å². The Morgan fingerprint density at radius 1 is 1.67 bits per heavy atom. The van der Waals surface area contributed by atoms with Crippen molar-refractivity contribution in [2.75, 3.05) is 6.54 Å². The highest BCUT2D eigenvalue weighted by Gasteiger charge is 2.25. The molecule has 0 aliphatic carbocycles. The van der Waals surface area contributed by atoms with Gasteiger partial charge in [-0.25, -0.2) is 0 Å². The molecule has 3 heteroatoms. The van der Waals surface area contributed by atoms with Crippen LogP contribution in [0.15, 0.2) is 22.8 Å². The van der Waals surface area contributed by atoms with E-state index in [9.17, 15) is 4.79 Å². The SMILES string of the molecule is CCCCC(=O)N1CC=CC2=C1C[C]S2. The molecule has 2 radical (unpaired) electrons. The van der Waals surface area contributed by atoms with Gasteiger partial charge in [0.05, 0.1) is 5.75 Å². The largest absolute Gasteiger partial charge is 0.311 e. The molecule has 1 amide bonds. The Bertz CT molecular complexity index is 320. The van der Waals surface area contributed by atoms with E-state index in [1.54, 1.807) is 11.8 Å². The molecule has 0 fully saturated rings. The second-order valence-corrected chi connectivity index (χ2v) is 4.68. The van der Waals surface area contributed by atoms with E-state index in [0.29, 0.717) is 6.42 Å². The first-order valence-corrected chi connectivity index (χ1v) is 6.24. The van der Waals surface area contributed by atoms with E-state index in [2.05, 4.69) is 24.8 Å². The second kappa shape index (κ2) is 4.88. The van der Waals surface area contributed by atoms with Gasteiger partial charge >= 0.3 is 0 Å². The molecule has 15 heavy (non-hydrogen) atoms. The highest BCUT2D eigenvalue weighted by Crippen LogP contribution is 2.39. The van der Waals surface area contributed by atoms with Crippen LogP contribution in [0.5, 0.6) is 0 Å². The molecule has 2 rings (SSSR count). The average Bonchev–Trinajstić information content (AvgIpc) is 2.73. The maximum atomic E-state index is 11.9. The molecular weight excluding hydrogens is 206 g/mol. The minimum absolute atomic E-state index is 0.262. The number of allylic oxidation sites excluding steroid dienone is 2. The molecule has 2 aliphatic rings. The summed E-state index contributed by atoms with van der Waals surface area (Å²) in [5.74, 6) is 3.46. The monoisotopic (exact) mass is 221 g/mol. The summed E-state index contributed by atoms with van der Waals surface area (Å²) < 4.78 is 0. The van der Waals surface area contributed by atoms with Crippen molar-refractivity contribution in [2.24, 2.45) is 0 Å². The molecule has 0 saturated heterocycles. The van der Waals surface area contributed by atoms with Crippen LogP contribution in [-0.4, -0.2) is 17.4 Å². The van der Waals surface area contributed by atoms with E-state index in [1.807, 2.05) is 4.90 Å². The van der Waals surface area contributed by atoms with Crippen LogP contribution in [0.4, 0.5) is 0 Å². The third-order valence-electron chi connectivity index (χ3n) is 2.63. The van der Waals surface area contributed by atoms with E-state index in [1.165, 1.54) is 4.91 Å². The van der Waals surface area contributed by atoms with E-state index in [0.717, 1.165) is 31.5 Å². The van der Waals surface area contributed by atoms with Crippen LogP contribution in [0.3, 0.4) is 0 Å². The summed E-state index contributed by atoms with van der Waals surface area (Å²) in [6, 6.07) is 0. The smallest absolute Gasteiger partial charge is 0.227 e. The molecule has 0 bridgehead atoms. The predicted octanol–water partition coefficient (Wildman–Crippen LogP) is 2.96. The highest BCUT2D eigenvalue weighted by molar-refractivity contribution is 8.05. The number of hydrogen-bond acceptors (Lipinski definition) is 2. The molecule has 0 atom stereocenters. The zero-order chi connectivity index (χ0) is 10.7. The minimum Gasteiger partial charge on any atom is -0.311 e. The summed E-state index contributed by atoms with van der Waals surface area (Å²) >= 11 is 1.62. The molecule has 0 aromatic rings. The van der Waals surface area contributed by atoms with Crippen molar-refractivity contribution in [2.45, 2.75) is 32.6 Å². The zero-order valence-electron chi connectivity index (χ0n) is 8.95. The topological polar surface area (TPSA) is 20.3 Å². The predicted molar refractivity (Wildman–Crippen MR) is 62.9 cm³/mol. The Labute approximate surface area is 95.4 Å². The highest BCUT2D eigenvalue weighted by atomic mass is 32.2. The number of carbonyl (C=O) groups is 1. The summed E-state index contributed by atoms with van der Waals surface area (Å²) in [6.07, 6.45) is 7.71. The number of amides is 1. The number of carbonyl (C=O) groups excluding carboxylic acids is 1. The van der Waals surface area contributed by atoms with Crippen molar-refractivity contribution in [3.63, 3.8) is 0 Å². The van der Waals surface area contributed by atoms with Crippen LogP contribution in [-0.2, 0) is 4.79 Å². The molecule has 2 aliphatic heterocycles. The number of thioether (sulfide) groups is 1. The van der Waals surface area contributed by atoms with Crippen molar-refractivity contribution in [1.29, 1.82) is 0 Å². The quantitative estimate of drug-likeness (QED) is 0.730. The van der Waals surface area contributed by atoms with E-state index >= 15 is 0 Å². The van der Waals surface area contributed by atoms with Gasteiger partial charge < -0.3 is 4.90 Å². The van der Waals surface area contributed by atoms with Gasteiger partial charge in [-0.1, -0.05) is 19.4 Å². The first-order chi connectivity index (χ1) is 7.33. The van der Waals surface area contributed by atoms with Crippen LogP contribution in [0.2, 0.25) is 0 Å². The Morgan fingerprint density at radius 3 is 3.33 bits per heavy atom. The van der Waals surface area contributed by atoms with Gasteiger partial charge in [0.2, 0.25) is 5.91 Å². The van der Waals surface area contributed by atoms with Crippen LogP contribution >= 0.6 is 11.8 Å². The van der Waals surface area contributed by atoms with Crippen LogP contribution in [0.25, 0.3) is 0 Å². The van der Waals surface area contributed by atoms with Gasteiger partial charge in [-0.3, -0.25) is 4.79 Å². The first kappa shape index (κ1) is 10.8. The lowest BCUT2D eigenvalue weighted by Crippen LogP contribution is -2.31. The Kier molecular flexibility index (Phi) is 3.52. The van der Waals surface area contributed by atoms with E-state index < -0.39 is 0 Å². The van der Waals surface area contributed by atoms with Crippen molar-refractivity contribution >= 4 is 17.7 Å². The normalized spacial score (nSPS) is 19.7. The zero-order valence-corrected chi connectivity index (χ0v) is 9.77. The summed E-state index contributed by atoms with van der Waals surface area (Å²) in [5.41, 5.74) is 1.16. The minimum atomic E-state index is 0.262. The fourth-order valence-electron chi connectivity index (χ4n) is 1.78. The van der Waals surface area contributed by atoms with Crippen molar-refractivity contribution in [3.8, 4) is 0 Å². The molecule has 0 aromatic carbocycles. The molecule has 0 unspecified atom stereocenters. The molecule has 2 heterocycles. The summed E-state index contributed by atoms with van der Waals surface area (Å²) in [5, 5.41) is 0. The molecule has 0 aromatic heterocycles. The molecule has 0 N–H and O–H groups in total. The maximum absolute atomic E-state index is 11.9. The molecule has 0 saturated carbocycles. The van der Waals surface area contributed by atoms with Crippen LogP contribution < -0.4 is 0 Å². The molecule has 0 spiro atoms.